The van der Waals surface area contributed by atoms with E-state index in [-0.39, 0.29) is 19.1 Å². The molecule has 1 heterocycles. The summed E-state index contributed by atoms with van der Waals surface area (Å²) in [6.07, 6.45) is 0.771. The predicted molar refractivity (Wildman–Crippen MR) is 86.0 cm³/mol. The minimum absolute atomic E-state index is 0.116. The second-order valence-electron chi connectivity index (χ2n) is 4.82. The van der Waals surface area contributed by atoms with E-state index in [0.717, 1.165) is 5.56 Å². The molecule has 0 saturated heterocycles. The Labute approximate surface area is 137 Å². The van der Waals surface area contributed by atoms with Crippen molar-refractivity contribution in [2.75, 3.05) is 12.1 Å². The molecule has 1 aliphatic heterocycles. The molecule has 4 nitrogen and oxygen atoms in total. The number of carbonyl (C=O) groups is 1. The molecule has 22 heavy (non-hydrogen) atoms. The molecule has 0 saturated carbocycles. The maximum atomic E-state index is 12.0. The van der Waals surface area contributed by atoms with E-state index in [2.05, 4.69) is 5.32 Å². The molecule has 0 unspecified atom stereocenters. The van der Waals surface area contributed by atoms with Crippen LogP contribution in [0.25, 0.3) is 0 Å². The first-order valence-electron chi connectivity index (χ1n) is 6.76. The van der Waals surface area contributed by atoms with Gasteiger partial charge in [0.1, 0.15) is 0 Å². The van der Waals surface area contributed by atoms with Gasteiger partial charge in [-0.2, -0.15) is 0 Å². The van der Waals surface area contributed by atoms with E-state index < -0.39 is 0 Å². The van der Waals surface area contributed by atoms with Crippen LogP contribution >= 0.6 is 23.2 Å². The second-order valence-corrected chi connectivity index (χ2v) is 5.63. The summed E-state index contributed by atoms with van der Waals surface area (Å²) in [5, 5.41) is 3.97. The van der Waals surface area contributed by atoms with E-state index in [4.69, 9.17) is 32.7 Å². The summed E-state index contributed by atoms with van der Waals surface area (Å²) in [6.45, 7) is 0.206. The van der Waals surface area contributed by atoms with Crippen molar-refractivity contribution in [2.24, 2.45) is 0 Å². The van der Waals surface area contributed by atoms with Gasteiger partial charge in [0.15, 0.2) is 11.5 Å². The van der Waals surface area contributed by atoms with Crippen LogP contribution in [0.2, 0.25) is 10.0 Å². The first-order valence-corrected chi connectivity index (χ1v) is 7.51. The van der Waals surface area contributed by atoms with Crippen LogP contribution in [-0.4, -0.2) is 12.7 Å². The lowest BCUT2D eigenvalue weighted by Gasteiger charge is -2.08. The Morgan fingerprint density at radius 3 is 2.59 bits per heavy atom. The fraction of sp³-hybridized carbons (Fsp3) is 0.188. The van der Waals surface area contributed by atoms with E-state index in [1.54, 1.807) is 36.4 Å². The average Bonchev–Trinajstić information content (AvgIpc) is 2.94. The van der Waals surface area contributed by atoms with E-state index in [0.29, 0.717) is 33.7 Å². The zero-order chi connectivity index (χ0) is 15.5. The fourth-order valence-electron chi connectivity index (χ4n) is 2.21. The normalized spacial score (nSPS) is 12.3. The average molecular weight is 338 g/mol. The van der Waals surface area contributed by atoms with Crippen LogP contribution in [0.4, 0.5) is 5.69 Å². The van der Waals surface area contributed by atoms with E-state index >= 15 is 0 Å². The molecule has 0 spiro atoms. The molecular weight excluding hydrogens is 325 g/mol. The molecule has 0 atom stereocenters. The molecule has 0 aromatic heterocycles. The molecular formula is C16H13Cl2NO3. The number of carbonyl (C=O) groups excluding carboxylic acids is 1. The Hall–Kier alpha value is -1.91. The smallest absolute Gasteiger partial charge is 0.231 e. The van der Waals surface area contributed by atoms with Crippen molar-refractivity contribution >= 4 is 34.8 Å². The van der Waals surface area contributed by atoms with Gasteiger partial charge in [0.05, 0.1) is 0 Å². The molecule has 0 bridgehead atoms. The highest BCUT2D eigenvalue weighted by Crippen LogP contribution is 2.34. The first-order chi connectivity index (χ1) is 10.6. The Bertz CT molecular complexity index is 698. The quantitative estimate of drug-likeness (QED) is 0.904. The van der Waals surface area contributed by atoms with Crippen LogP contribution in [-0.2, 0) is 11.2 Å². The highest BCUT2D eigenvalue weighted by molar-refractivity contribution is 6.36. The van der Waals surface area contributed by atoms with Crippen molar-refractivity contribution < 1.29 is 14.3 Å². The van der Waals surface area contributed by atoms with Crippen molar-refractivity contribution in [3.05, 3.63) is 52.0 Å². The van der Waals surface area contributed by atoms with Crippen molar-refractivity contribution in [1.29, 1.82) is 0 Å². The van der Waals surface area contributed by atoms with Gasteiger partial charge in [-0.25, -0.2) is 0 Å². The van der Waals surface area contributed by atoms with Gasteiger partial charge in [-0.15, -0.1) is 0 Å². The van der Waals surface area contributed by atoms with Gasteiger partial charge in [0.2, 0.25) is 12.7 Å². The largest absolute Gasteiger partial charge is 0.454 e. The number of benzene rings is 2. The molecule has 0 radical (unpaired) electrons. The Morgan fingerprint density at radius 1 is 1.09 bits per heavy atom. The molecule has 2 aromatic carbocycles. The number of amides is 1. The molecule has 0 fully saturated rings. The minimum Gasteiger partial charge on any atom is -0.454 e. The number of fused-ring (bicyclic) bond motifs is 1. The summed E-state index contributed by atoms with van der Waals surface area (Å²) in [7, 11) is 0. The Balaban J connectivity index is 1.61. The molecule has 114 valence electrons. The summed E-state index contributed by atoms with van der Waals surface area (Å²) in [5.74, 6) is 1.20. The number of anilines is 1. The van der Waals surface area contributed by atoms with Gasteiger partial charge in [-0.1, -0.05) is 29.3 Å². The molecule has 1 amide bonds. The Morgan fingerprint density at radius 2 is 1.82 bits per heavy atom. The van der Waals surface area contributed by atoms with Gasteiger partial charge in [0.25, 0.3) is 0 Å². The molecule has 1 N–H and O–H groups in total. The van der Waals surface area contributed by atoms with Gasteiger partial charge in [-0.3, -0.25) is 4.79 Å². The summed E-state index contributed by atoms with van der Waals surface area (Å²) in [5.41, 5.74) is 1.45. The van der Waals surface area contributed by atoms with E-state index in [1.165, 1.54) is 0 Å². The lowest BCUT2D eigenvalue weighted by Crippen LogP contribution is -2.12. The van der Waals surface area contributed by atoms with Crippen LogP contribution in [0.1, 0.15) is 12.0 Å². The summed E-state index contributed by atoms with van der Waals surface area (Å²) in [6, 6.07) is 10.6. The van der Waals surface area contributed by atoms with E-state index in [9.17, 15) is 4.79 Å². The van der Waals surface area contributed by atoms with Crippen molar-refractivity contribution in [3.8, 4) is 11.5 Å². The van der Waals surface area contributed by atoms with Crippen LogP contribution in [0.15, 0.2) is 36.4 Å². The minimum atomic E-state index is -0.116. The fourth-order valence-corrected chi connectivity index (χ4v) is 2.79. The van der Waals surface area contributed by atoms with Gasteiger partial charge >= 0.3 is 0 Å². The predicted octanol–water partition coefficient (Wildman–Crippen LogP) is 4.29. The van der Waals surface area contributed by atoms with Crippen LogP contribution in [0.5, 0.6) is 11.5 Å². The zero-order valence-electron chi connectivity index (χ0n) is 11.6. The zero-order valence-corrected chi connectivity index (χ0v) is 13.1. The van der Waals surface area contributed by atoms with Crippen LogP contribution < -0.4 is 14.8 Å². The topological polar surface area (TPSA) is 47.6 Å². The molecule has 2 aromatic rings. The number of nitrogens with one attached hydrogen (secondary N) is 1. The van der Waals surface area contributed by atoms with Gasteiger partial charge in [-0.05, 0) is 36.2 Å². The number of ether oxygens (including phenoxy) is 2. The molecule has 0 aliphatic carbocycles. The summed E-state index contributed by atoms with van der Waals surface area (Å²) >= 11 is 12.2. The number of halogens is 2. The number of rotatable bonds is 4. The summed E-state index contributed by atoms with van der Waals surface area (Å²) in [4.78, 5) is 12.0. The third kappa shape index (κ3) is 3.29. The van der Waals surface area contributed by atoms with Gasteiger partial charge in [0, 0.05) is 28.2 Å². The Kier molecular flexibility index (Phi) is 4.41. The first kappa shape index (κ1) is 15.0. The van der Waals surface area contributed by atoms with Crippen LogP contribution in [0, 0.1) is 0 Å². The highest BCUT2D eigenvalue weighted by Gasteiger charge is 2.14. The standard InChI is InChI=1S/C16H13Cl2NO3/c17-12-2-1-3-13(18)11(12)5-7-16(20)19-10-4-6-14-15(8-10)22-9-21-14/h1-4,6,8H,5,7,9H2,(H,19,20). The monoisotopic (exact) mass is 337 g/mol. The SMILES string of the molecule is O=C(CCc1c(Cl)cccc1Cl)Nc1ccc2c(c1)OCO2. The number of hydrogen-bond donors (Lipinski definition) is 1. The van der Waals surface area contributed by atoms with Crippen molar-refractivity contribution in [3.63, 3.8) is 0 Å². The van der Waals surface area contributed by atoms with E-state index in [1.807, 2.05) is 0 Å². The second kappa shape index (κ2) is 6.46. The number of hydrogen-bond acceptors (Lipinski definition) is 3. The van der Waals surface area contributed by atoms with Crippen molar-refractivity contribution in [1.82, 2.24) is 0 Å². The molecule has 3 rings (SSSR count). The van der Waals surface area contributed by atoms with Gasteiger partial charge < -0.3 is 14.8 Å². The molecule has 6 heteroatoms. The third-order valence-corrected chi connectivity index (χ3v) is 4.03. The maximum absolute atomic E-state index is 12.0. The lowest BCUT2D eigenvalue weighted by atomic mass is 10.1. The lowest BCUT2D eigenvalue weighted by molar-refractivity contribution is -0.116. The molecule has 1 aliphatic rings. The highest BCUT2D eigenvalue weighted by atomic mass is 35.5. The van der Waals surface area contributed by atoms with Crippen molar-refractivity contribution in [2.45, 2.75) is 12.8 Å². The summed E-state index contributed by atoms with van der Waals surface area (Å²) < 4.78 is 10.5. The maximum Gasteiger partial charge on any atom is 0.231 e. The van der Waals surface area contributed by atoms with Crippen LogP contribution in [0.3, 0.4) is 0 Å². The third-order valence-electron chi connectivity index (χ3n) is 3.32.